The third-order valence-electron chi connectivity index (χ3n) is 4.72. The van der Waals surface area contributed by atoms with Crippen LogP contribution >= 0.6 is 0 Å². The molecule has 7 nitrogen and oxygen atoms in total. The van der Waals surface area contributed by atoms with Crippen molar-refractivity contribution in [2.24, 2.45) is 0 Å². The maximum absolute atomic E-state index is 5.74. The van der Waals surface area contributed by atoms with E-state index in [9.17, 15) is 0 Å². The molecule has 26 heavy (non-hydrogen) atoms. The molecule has 0 aliphatic carbocycles. The summed E-state index contributed by atoms with van der Waals surface area (Å²) in [6, 6.07) is 5.97. The standard InChI is InChI=1S/C19H24N6O/c1-13-10-14(2)22-19(21-13)25-8-6-24(7-9-25)12-16-11-20-23-18(16)17-5-4-15(3)26-17/h4-5,10-11H,6-9,12H2,1-3H3,(H,20,23). The molecule has 3 aromatic rings. The first kappa shape index (κ1) is 16.8. The fraction of sp³-hybridized carbons (Fsp3) is 0.421. The molecule has 7 heteroatoms. The molecule has 1 aliphatic heterocycles. The minimum atomic E-state index is 0.845. The van der Waals surface area contributed by atoms with Crippen molar-refractivity contribution in [2.75, 3.05) is 31.1 Å². The van der Waals surface area contributed by atoms with Crippen LogP contribution in [0.5, 0.6) is 0 Å². The van der Waals surface area contributed by atoms with E-state index in [1.165, 1.54) is 0 Å². The van der Waals surface area contributed by atoms with E-state index in [0.29, 0.717) is 0 Å². The highest BCUT2D eigenvalue weighted by molar-refractivity contribution is 5.56. The highest BCUT2D eigenvalue weighted by atomic mass is 16.3. The molecule has 3 aromatic heterocycles. The summed E-state index contributed by atoms with van der Waals surface area (Å²) in [5, 5.41) is 7.28. The summed E-state index contributed by atoms with van der Waals surface area (Å²) in [7, 11) is 0. The van der Waals surface area contributed by atoms with Crippen molar-refractivity contribution < 1.29 is 4.42 Å². The fourth-order valence-corrected chi connectivity index (χ4v) is 3.41. The van der Waals surface area contributed by atoms with Crippen LogP contribution < -0.4 is 4.90 Å². The topological polar surface area (TPSA) is 74.1 Å². The first-order valence-corrected chi connectivity index (χ1v) is 8.97. The predicted molar refractivity (Wildman–Crippen MR) is 100 cm³/mol. The number of hydrogen-bond acceptors (Lipinski definition) is 6. The van der Waals surface area contributed by atoms with Crippen LogP contribution in [0.15, 0.2) is 28.8 Å². The Morgan fingerprint density at radius 1 is 1.04 bits per heavy atom. The first-order valence-electron chi connectivity index (χ1n) is 8.97. The normalized spacial score (nSPS) is 15.6. The molecule has 0 bridgehead atoms. The molecular formula is C19H24N6O. The van der Waals surface area contributed by atoms with E-state index in [1.54, 1.807) is 0 Å². The Morgan fingerprint density at radius 3 is 2.42 bits per heavy atom. The van der Waals surface area contributed by atoms with Crippen molar-refractivity contribution in [3.63, 3.8) is 0 Å². The van der Waals surface area contributed by atoms with Crippen LogP contribution in [0.1, 0.15) is 22.7 Å². The van der Waals surface area contributed by atoms with E-state index in [-0.39, 0.29) is 0 Å². The second kappa shape index (κ2) is 6.92. The molecule has 0 radical (unpaired) electrons. The van der Waals surface area contributed by atoms with Crippen LogP contribution in [0.4, 0.5) is 5.95 Å². The Kier molecular flexibility index (Phi) is 4.46. The number of anilines is 1. The van der Waals surface area contributed by atoms with E-state index in [0.717, 1.165) is 72.8 Å². The summed E-state index contributed by atoms with van der Waals surface area (Å²) in [5.74, 6) is 2.59. The van der Waals surface area contributed by atoms with Gasteiger partial charge in [0.1, 0.15) is 11.5 Å². The van der Waals surface area contributed by atoms with Crippen LogP contribution in [0.25, 0.3) is 11.5 Å². The lowest BCUT2D eigenvalue weighted by atomic mass is 10.2. The molecule has 136 valence electrons. The molecule has 0 unspecified atom stereocenters. The number of piperazine rings is 1. The van der Waals surface area contributed by atoms with Crippen LogP contribution in [-0.4, -0.2) is 51.2 Å². The molecule has 0 amide bonds. The van der Waals surface area contributed by atoms with Crippen LogP contribution in [0, 0.1) is 20.8 Å². The highest BCUT2D eigenvalue weighted by Crippen LogP contribution is 2.25. The molecule has 4 heterocycles. The molecule has 1 fully saturated rings. The number of aryl methyl sites for hydroxylation is 3. The lowest BCUT2D eigenvalue weighted by Gasteiger charge is -2.34. The zero-order chi connectivity index (χ0) is 18.1. The van der Waals surface area contributed by atoms with Gasteiger partial charge in [-0.25, -0.2) is 9.97 Å². The molecule has 0 spiro atoms. The van der Waals surface area contributed by atoms with Gasteiger partial charge in [0.2, 0.25) is 5.95 Å². The lowest BCUT2D eigenvalue weighted by molar-refractivity contribution is 0.249. The van der Waals surface area contributed by atoms with Gasteiger partial charge in [0.05, 0.1) is 6.20 Å². The van der Waals surface area contributed by atoms with Gasteiger partial charge in [-0.05, 0) is 39.0 Å². The average molecular weight is 352 g/mol. The van der Waals surface area contributed by atoms with Gasteiger partial charge in [-0.1, -0.05) is 0 Å². The van der Waals surface area contributed by atoms with E-state index in [4.69, 9.17) is 4.42 Å². The van der Waals surface area contributed by atoms with Crippen LogP contribution in [-0.2, 0) is 6.54 Å². The SMILES string of the molecule is Cc1cc(C)nc(N2CCN(Cc3cn[nH]c3-c3ccc(C)o3)CC2)n1. The van der Waals surface area contributed by atoms with E-state index < -0.39 is 0 Å². The minimum Gasteiger partial charge on any atom is -0.460 e. The van der Waals surface area contributed by atoms with Gasteiger partial charge < -0.3 is 9.32 Å². The average Bonchev–Trinajstić information content (AvgIpc) is 3.23. The molecule has 1 saturated heterocycles. The van der Waals surface area contributed by atoms with Gasteiger partial charge in [-0.15, -0.1) is 0 Å². The van der Waals surface area contributed by atoms with Crippen molar-refractivity contribution in [3.05, 3.63) is 47.1 Å². The highest BCUT2D eigenvalue weighted by Gasteiger charge is 2.21. The maximum atomic E-state index is 5.74. The monoisotopic (exact) mass is 352 g/mol. The fourth-order valence-electron chi connectivity index (χ4n) is 3.41. The number of H-pyrrole nitrogens is 1. The number of nitrogens with zero attached hydrogens (tertiary/aromatic N) is 5. The molecule has 4 rings (SSSR count). The predicted octanol–water partition coefficient (Wildman–Crippen LogP) is 2.71. The van der Waals surface area contributed by atoms with Crippen LogP contribution in [0.2, 0.25) is 0 Å². The Hall–Kier alpha value is -2.67. The number of nitrogens with one attached hydrogen (secondary N) is 1. The maximum Gasteiger partial charge on any atom is 0.225 e. The lowest BCUT2D eigenvalue weighted by Crippen LogP contribution is -2.46. The third kappa shape index (κ3) is 3.48. The number of aromatic amines is 1. The minimum absolute atomic E-state index is 0.845. The zero-order valence-corrected chi connectivity index (χ0v) is 15.5. The Morgan fingerprint density at radius 2 is 1.77 bits per heavy atom. The quantitative estimate of drug-likeness (QED) is 0.778. The summed E-state index contributed by atoms with van der Waals surface area (Å²) in [6.45, 7) is 10.6. The molecular weight excluding hydrogens is 328 g/mol. The Labute approximate surface area is 153 Å². The number of aromatic nitrogens is 4. The van der Waals surface area contributed by atoms with Gasteiger partial charge in [-0.3, -0.25) is 10.00 Å². The van der Waals surface area contributed by atoms with Crippen LogP contribution in [0.3, 0.4) is 0 Å². The van der Waals surface area contributed by atoms with Gasteiger partial charge in [-0.2, -0.15) is 5.10 Å². The smallest absolute Gasteiger partial charge is 0.225 e. The number of rotatable bonds is 4. The second-order valence-electron chi connectivity index (χ2n) is 6.89. The Bertz CT molecular complexity index is 871. The van der Waals surface area contributed by atoms with Crippen molar-refractivity contribution >= 4 is 5.95 Å². The van der Waals surface area contributed by atoms with Gasteiger partial charge >= 0.3 is 0 Å². The summed E-state index contributed by atoms with van der Waals surface area (Å²) in [6.07, 6.45) is 1.90. The van der Waals surface area contributed by atoms with Crippen molar-refractivity contribution in [2.45, 2.75) is 27.3 Å². The molecule has 1 aliphatic rings. The number of furan rings is 1. The molecule has 1 N–H and O–H groups in total. The van der Waals surface area contributed by atoms with Crippen molar-refractivity contribution in [1.82, 2.24) is 25.1 Å². The molecule has 0 saturated carbocycles. The van der Waals surface area contributed by atoms with Gasteiger partial charge in [0, 0.05) is 49.7 Å². The van der Waals surface area contributed by atoms with Gasteiger partial charge in [0.15, 0.2) is 5.76 Å². The zero-order valence-electron chi connectivity index (χ0n) is 15.5. The molecule has 0 atom stereocenters. The number of hydrogen-bond donors (Lipinski definition) is 1. The largest absolute Gasteiger partial charge is 0.460 e. The van der Waals surface area contributed by atoms with Crippen molar-refractivity contribution in [1.29, 1.82) is 0 Å². The van der Waals surface area contributed by atoms with E-state index >= 15 is 0 Å². The van der Waals surface area contributed by atoms with E-state index in [2.05, 4.69) is 30.0 Å². The third-order valence-corrected chi connectivity index (χ3v) is 4.72. The summed E-state index contributed by atoms with van der Waals surface area (Å²) in [5.41, 5.74) is 4.17. The Balaban J connectivity index is 1.41. The summed E-state index contributed by atoms with van der Waals surface area (Å²) >= 11 is 0. The summed E-state index contributed by atoms with van der Waals surface area (Å²) < 4.78 is 5.74. The first-order chi connectivity index (χ1) is 12.6. The van der Waals surface area contributed by atoms with Gasteiger partial charge in [0.25, 0.3) is 0 Å². The molecule has 0 aromatic carbocycles. The summed E-state index contributed by atoms with van der Waals surface area (Å²) in [4.78, 5) is 13.9. The van der Waals surface area contributed by atoms with E-state index in [1.807, 2.05) is 45.2 Å². The second-order valence-corrected chi connectivity index (χ2v) is 6.89. The van der Waals surface area contributed by atoms with Crippen molar-refractivity contribution in [3.8, 4) is 11.5 Å².